The van der Waals surface area contributed by atoms with Crippen LogP contribution >= 0.6 is 11.3 Å². The van der Waals surface area contributed by atoms with Crippen LogP contribution in [0.5, 0.6) is 0 Å². The van der Waals surface area contributed by atoms with Gasteiger partial charge in [-0.3, -0.25) is 9.59 Å². The van der Waals surface area contributed by atoms with Gasteiger partial charge in [-0.25, -0.2) is 9.97 Å². The summed E-state index contributed by atoms with van der Waals surface area (Å²) in [7, 11) is 0. The number of nitrogens with one attached hydrogen (secondary N) is 2. The summed E-state index contributed by atoms with van der Waals surface area (Å²) < 4.78 is 40.6. The van der Waals surface area contributed by atoms with Crippen molar-refractivity contribution < 1.29 is 27.9 Å². The Morgan fingerprint density at radius 3 is 2.50 bits per heavy atom. The molecule has 1 saturated heterocycles. The number of rotatable bonds is 8. The number of alkyl halides is 3. The highest BCUT2D eigenvalue weighted by Gasteiger charge is 2.57. The number of aromatic nitrogens is 2. The Balaban J connectivity index is 1.62. The lowest BCUT2D eigenvalue weighted by Gasteiger charge is -2.43. The Kier molecular flexibility index (Phi) is 7.77. The van der Waals surface area contributed by atoms with Gasteiger partial charge in [0.2, 0.25) is 0 Å². The minimum Gasteiger partial charge on any atom is -0.389 e. The minimum atomic E-state index is -4.28. The predicted octanol–water partition coefficient (Wildman–Crippen LogP) is 4.78. The summed E-state index contributed by atoms with van der Waals surface area (Å²) >= 11 is 1.05. The van der Waals surface area contributed by atoms with Crippen molar-refractivity contribution >= 4 is 29.0 Å². The monoisotopic (exact) mass is 553 g/mol. The number of hydrogen-bond donors (Lipinski definition) is 3. The molecule has 1 atom stereocenters. The Bertz CT molecular complexity index is 1200. The highest BCUT2D eigenvalue weighted by molar-refractivity contribution is 7.17. The molecule has 8 nitrogen and oxygen atoms in total. The number of anilines is 1. The molecule has 38 heavy (non-hydrogen) atoms. The fraction of sp³-hybridized carbons (Fsp3) is 0.615. The van der Waals surface area contributed by atoms with Gasteiger partial charge in [0.05, 0.1) is 15.9 Å². The van der Waals surface area contributed by atoms with Gasteiger partial charge in [-0.1, -0.05) is 6.42 Å². The Labute approximate surface area is 224 Å². The van der Waals surface area contributed by atoms with E-state index >= 15 is 0 Å². The van der Waals surface area contributed by atoms with Gasteiger partial charge in [0.25, 0.3) is 11.8 Å². The van der Waals surface area contributed by atoms with Gasteiger partial charge in [-0.15, -0.1) is 11.3 Å². The molecule has 0 bridgehead atoms. The topological polar surface area (TPSA) is 107 Å². The average Bonchev–Trinajstić information content (AvgIpc) is 3.41. The van der Waals surface area contributed by atoms with E-state index < -0.39 is 23.1 Å². The van der Waals surface area contributed by atoms with Crippen LogP contribution in [0.4, 0.5) is 19.0 Å². The maximum atomic E-state index is 13.5. The van der Waals surface area contributed by atoms with Gasteiger partial charge in [-0.05, 0) is 65.0 Å². The molecule has 1 saturated carbocycles. The molecule has 3 heterocycles. The molecule has 0 radical (unpaired) electrons. The molecule has 2 aliphatic rings. The third kappa shape index (κ3) is 5.80. The van der Waals surface area contributed by atoms with E-state index in [9.17, 15) is 27.9 Å². The van der Waals surface area contributed by atoms with Crippen LogP contribution < -0.4 is 10.6 Å². The van der Waals surface area contributed by atoms with Gasteiger partial charge < -0.3 is 20.6 Å². The van der Waals surface area contributed by atoms with Crippen molar-refractivity contribution in [2.45, 2.75) is 77.6 Å². The first kappa shape index (κ1) is 28.3. The lowest BCUT2D eigenvalue weighted by atomic mass is 9.68. The second-order valence-corrected chi connectivity index (χ2v) is 12.1. The second kappa shape index (κ2) is 10.4. The summed E-state index contributed by atoms with van der Waals surface area (Å²) in [5.41, 5.74) is -1.43. The Morgan fingerprint density at radius 1 is 1.26 bits per heavy atom. The SMILES string of the molecule is Cc1cc(NCC2(C(F)(F)F)CCC2)ncc1-c1sc(C(=O)NCC(C)(C)O)nc1C(=O)N1CCC[C@@H]1C. The third-order valence-electron chi connectivity index (χ3n) is 7.39. The summed E-state index contributed by atoms with van der Waals surface area (Å²) in [5, 5.41) is 15.5. The summed E-state index contributed by atoms with van der Waals surface area (Å²) in [6.45, 7) is 7.24. The van der Waals surface area contributed by atoms with Crippen LogP contribution in [0.25, 0.3) is 10.4 Å². The summed E-state index contributed by atoms with van der Waals surface area (Å²) in [6, 6.07) is 1.70. The van der Waals surface area contributed by atoms with Crippen LogP contribution in [0.3, 0.4) is 0 Å². The highest BCUT2D eigenvalue weighted by atomic mass is 32.1. The van der Waals surface area contributed by atoms with E-state index in [0.717, 1.165) is 24.2 Å². The molecule has 1 aliphatic heterocycles. The summed E-state index contributed by atoms with van der Waals surface area (Å²) in [5.74, 6) is -0.467. The molecule has 2 amide bonds. The van der Waals surface area contributed by atoms with Crippen LogP contribution in [0.1, 0.15) is 78.7 Å². The average molecular weight is 554 g/mol. The fourth-order valence-electron chi connectivity index (χ4n) is 4.80. The zero-order chi connectivity index (χ0) is 27.9. The number of nitrogens with zero attached hydrogens (tertiary/aromatic N) is 3. The van der Waals surface area contributed by atoms with Gasteiger partial charge in [0.15, 0.2) is 5.01 Å². The number of aliphatic hydroxyl groups is 1. The van der Waals surface area contributed by atoms with Crippen LogP contribution in [-0.2, 0) is 0 Å². The number of likely N-dealkylation sites (tertiary alicyclic amines) is 1. The molecule has 208 valence electrons. The second-order valence-electron chi connectivity index (χ2n) is 11.1. The summed E-state index contributed by atoms with van der Waals surface area (Å²) in [4.78, 5) is 37.3. The minimum absolute atomic E-state index is 0.00749. The Hall–Kier alpha value is -2.73. The number of amides is 2. The molecule has 0 aromatic carbocycles. The molecule has 3 N–H and O–H groups in total. The fourth-order valence-corrected chi connectivity index (χ4v) is 5.85. The first-order chi connectivity index (χ1) is 17.7. The van der Waals surface area contributed by atoms with Crippen LogP contribution in [0, 0.1) is 12.3 Å². The zero-order valence-electron chi connectivity index (χ0n) is 22.0. The number of aryl methyl sites for hydroxylation is 1. The standard InChI is InChI=1S/C26H34F3N5O3S/c1-15-11-18(31-14-25(8-6-9-25)26(27,28)29)30-12-17(15)20-19(23(36)34-10-5-7-16(34)2)33-22(38-20)21(35)32-13-24(3,4)37/h11-12,16,37H,5-10,13-14H2,1-4H3,(H,30,31)(H,32,35)/t16-/m0/s1. The Morgan fingerprint density at radius 2 is 1.97 bits per heavy atom. The van der Waals surface area contributed by atoms with Crippen molar-refractivity contribution in [3.05, 3.63) is 28.5 Å². The van der Waals surface area contributed by atoms with Crippen molar-refractivity contribution in [3.63, 3.8) is 0 Å². The van der Waals surface area contributed by atoms with E-state index in [2.05, 4.69) is 20.6 Å². The van der Waals surface area contributed by atoms with E-state index in [1.807, 2.05) is 6.92 Å². The third-order valence-corrected chi connectivity index (χ3v) is 8.48. The predicted molar refractivity (Wildman–Crippen MR) is 139 cm³/mol. The number of pyridine rings is 1. The van der Waals surface area contributed by atoms with E-state index in [0.29, 0.717) is 34.8 Å². The van der Waals surface area contributed by atoms with Crippen molar-refractivity contribution in [2.75, 3.05) is 25.0 Å². The molecule has 0 unspecified atom stereocenters. The van der Waals surface area contributed by atoms with Crippen molar-refractivity contribution in [3.8, 4) is 10.4 Å². The van der Waals surface area contributed by atoms with Crippen LogP contribution in [0.2, 0.25) is 0 Å². The molecule has 4 rings (SSSR count). The molecular formula is C26H34F3N5O3S. The van der Waals surface area contributed by atoms with Crippen molar-refractivity contribution in [2.24, 2.45) is 5.41 Å². The number of thiazole rings is 1. The first-order valence-corrected chi connectivity index (χ1v) is 13.6. The number of hydrogen-bond acceptors (Lipinski definition) is 7. The first-order valence-electron chi connectivity index (χ1n) is 12.8. The lowest BCUT2D eigenvalue weighted by molar-refractivity contribution is -0.244. The molecule has 2 fully saturated rings. The quantitative estimate of drug-likeness (QED) is 0.434. The van der Waals surface area contributed by atoms with Crippen LogP contribution in [0.15, 0.2) is 12.3 Å². The van der Waals surface area contributed by atoms with Crippen molar-refractivity contribution in [1.29, 1.82) is 0 Å². The molecular weight excluding hydrogens is 519 g/mol. The molecule has 2 aromatic rings. The number of carbonyl (C=O) groups is 2. The maximum Gasteiger partial charge on any atom is 0.396 e. The number of carbonyl (C=O) groups excluding carboxylic acids is 2. The summed E-state index contributed by atoms with van der Waals surface area (Å²) in [6.07, 6.45) is -0.262. The number of halogens is 3. The van der Waals surface area contributed by atoms with Gasteiger partial charge in [0.1, 0.15) is 11.5 Å². The van der Waals surface area contributed by atoms with E-state index in [-0.39, 0.29) is 48.6 Å². The largest absolute Gasteiger partial charge is 0.396 e. The van der Waals surface area contributed by atoms with E-state index in [1.165, 1.54) is 6.20 Å². The van der Waals surface area contributed by atoms with Gasteiger partial charge in [0, 0.05) is 37.4 Å². The smallest absolute Gasteiger partial charge is 0.389 e. The van der Waals surface area contributed by atoms with Gasteiger partial charge in [-0.2, -0.15) is 13.2 Å². The lowest BCUT2D eigenvalue weighted by Crippen LogP contribution is -2.48. The van der Waals surface area contributed by atoms with E-state index in [4.69, 9.17) is 0 Å². The zero-order valence-corrected chi connectivity index (χ0v) is 22.9. The maximum absolute atomic E-state index is 13.5. The van der Waals surface area contributed by atoms with E-state index in [1.54, 1.807) is 31.7 Å². The normalized spacial score (nSPS) is 19.3. The van der Waals surface area contributed by atoms with Crippen molar-refractivity contribution in [1.82, 2.24) is 20.2 Å². The molecule has 2 aromatic heterocycles. The molecule has 12 heteroatoms. The van der Waals surface area contributed by atoms with Gasteiger partial charge >= 0.3 is 6.18 Å². The van der Waals surface area contributed by atoms with Crippen LogP contribution in [-0.4, -0.2) is 69.2 Å². The molecule has 1 aliphatic carbocycles. The highest BCUT2D eigenvalue weighted by Crippen LogP contribution is 2.52. The molecule has 0 spiro atoms.